The minimum absolute atomic E-state index is 0.0793. The van der Waals surface area contributed by atoms with Gasteiger partial charge in [-0.05, 0) is 43.0 Å². The number of ether oxygens (including phenoxy) is 3. The molecule has 1 aromatic rings. The Morgan fingerprint density at radius 3 is 2.55 bits per heavy atom. The fraction of sp³-hybridized carbons (Fsp3) is 0.588. The van der Waals surface area contributed by atoms with Crippen LogP contribution in [0.25, 0.3) is 0 Å². The minimum atomic E-state index is -0.284. The van der Waals surface area contributed by atoms with Gasteiger partial charge in [0, 0.05) is 13.5 Å². The van der Waals surface area contributed by atoms with E-state index < -0.39 is 0 Å². The van der Waals surface area contributed by atoms with E-state index in [4.69, 9.17) is 14.2 Å². The number of fused-ring (bicyclic) bond motifs is 3. The lowest BCUT2D eigenvalue weighted by molar-refractivity contribution is -0.136. The van der Waals surface area contributed by atoms with Crippen LogP contribution in [0.5, 0.6) is 11.5 Å². The van der Waals surface area contributed by atoms with Crippen LogP contribution in [0.15, 0.2) is 12.1 Å². The second kappa shape index (κ2) is 5.47. The average Bonchev–Trinajstić information content (AvgIpc) is 2.83. The number of rotatable bonds is 4. The smallest absolute Gasteiger partial charge is 0.223 e. The van der Waals surface area contributed by atoms with E-state index in [0.29, 0.717) is 18.8 Å². The van der Waals surface area contributed by atoms with Crippen molar-refractivity contribution < 1.29 is 19.0 Å². The number of carbonyl (C=O) groups is 1. The highest BCUT2D eigenvalue weighted by Crippen LogP contribution is 2.48. The first-order chi connectivity index (χ1) is 10.5. The maximum atomic E-state index is 12.4. The molecule has 1 amide bonds. The van der Waals surface area contributed by atoms with Crippen molar-refractivity contribution in [3.05, 3.63) is 23.3 Å². The minimum Gasteiger partial charge on any atom is -0.493 e. The quantitative estimate of drug-likeness (QED) is 0.855. The van der Waals surface area contributed by atoms with Crippen LogP contribution in [0, 0.1) is 0 Å². The Morgan fingerprint density at radius 2 is 1.91 bits per heavy atom. The van der Waals surface area contributed by atoms with Gasteiger partial charge in [0.2, 0.25) is 5.91 Å². The molecule has 0 radical (unpaired) electrons. The van der Waals surface area contributed by atoms with E-state index in [-0.39, 0.29) is 17.5 Å². The maximum Gasteiger partial charge on any atom is 0.223 e. The van der Waals surface area contributed by atoms with Crippen molar-refractivity contribution in [2.75, 3.05) is 27.9 Å². The van der Waals surface area contributed by atoms with Crippen LogP contribution < -0.4 is 9.47 Å². The molecule has 0 saturated carbocycles. The Hall–Kier alpha value is -1.75. The van der Waals surface area contributed by atoms with Crippen LogP contribution in [-0.2, 0) is 21.5 Å². The molecule has 1 saturated heterocycles. The van der Waals surface area contributed by atoms with Gasteiger partial charge in [-0.1, -0.05) is 0 Å². The van der Waals surface area contributed by atoms with Crippen molar-refractivity contribution in [1.29, 1.82) is 0 Å². The Kier molecular flexibility index (Phi) is 3.77. The molecule has 0 aromatic heterocycles. The predicted molar refractivity (Wildman–Crippen MR) is 82.3 cm³/mol. The summed E-state index contributed by atoms with van der Waals surface area (Å²) in [7, 11) is 4.97. The van der Waals surface area contributed by atoms with Crippen LogP contribution in [0.4, 0.5) is 0 Å². The topological polar surface area (TPSA) is 48.0 Å². The summed E-state index contributed by atoms with van der Waals surface area (Å²) in [4.78, 5) is 14.4. The molecule has 1 fully saturated rings. The van der Waals surface area contributed by atoms with Gasteiger partial charge in [0.05, 0.1) is 32.4 Å². The number of methoxy groups -OCH3 is 3. The number of hydrogen-bond acceptors (Lipinski definition) is 4. The molecule has 2 heterocycles. The van der Waals surface area contributed by atoms with Gasteiger partial charge in [0.15, 0.2) is 11.5 Å². The number of carbonyl (C=O) groups excluding carboxylic acids is 1. The Balaban J connectivity index is 2.14. The van der Waals surface area contributed by atoms with Gasteiger partial charge in [0.1, 0.15) is 0 Å². The van der Waals surface area contributed by atoms with Crippen LogP contribution in [0.1, 0.15) is 30.9 Å². The molecule has 3 rings (SSSR count). The molecule has 2 aliphatic heterocycles. The van der Waals surface area contributed by atoms with Crippen LogP contribution >= 0.6 is 0 Å². The summed E-state index contributed by atoms with van der Waals surface area (Å²) in [5, 5.41) is 0. The van der Waals surface area contributed by atoms with Gasteiger partial charge in [0.25, 0.3) is 0 Å². The Labute approximate surface area is 131 Å². The first-order valence-corrected chi connectivity index (χ1v) is 7.61. The second-order valence-electron chi connectivity index (χ2n) is 6.22. The third kappa shape index (κ3) is 2.07. The third-order valence-corrected chi connectivity index (χ3v) is 5.00. The molecule has 5 nitrogen and oxygen atoms in total. The van der Waals surface area contributed by atoms with E-state index in [1.807, 2.05) is 17.0 Å². The first kappa shape index (κ1) is 15.2. The largest absolute Gasteiger partial charge is 0.493 e. The van der Waals surface area contributed by atoms with Crippen molar-refractivity contribution in [2.24, 2.45) is 0 Å². The zero-order valence-corrected chi connectivity index (χ0v) is 13.6. The van der Waals surface area contributed by atoms with Crippen LogP contribution in [0.3, 0.4) is 0 Å². The first-order valence-electron chi connectivity index (χ1n) is 7.61. The lowest BCUT2D eigenvalue weighted by Gasteiger charge is -2.46. The van der Waals surface area contributed by atoms with Crippen molar-refractivity contribution in [3.8, 4) is 11.5 Å². The third-order valence-electron chi connectivity index (χ3n) is 5.00. The van der Waals surface area contributed by atoms with Crippen LogP contribution in [0.2, 0.25) is 0 Å². The summed E-state index contributed by atoms with van der Waals surface area (Å²) in [6.07, 6.45) is 2.20. The normalized spacial score (nSPS) is 26.6. The molecule has 0 bridgehead atoms. The molecule has 120 valence electrons. The highest BCUT2D eigenvalue weighted by molar-refractivity contribution is 5.81. The van der Waals surface area contributed by atoms with Gasteiger partial charge in [-0.15, -0.1) is 0 Å². The monoisotopic (exact) mass is 305 g/mol. The fourth-order valence-electron chi connectivity index (χ4n) is 4.00. The van der Waals surface area contributed by atoms with Crippen molar-refractivity contribution in [1.82, 2.24) is 4.90 Å². The summed E-state index contributed by atoms with van der Waals surface area (Å²) in [6, 6.07) is 4.15. The van der Waals surface area contributed by atoms with E-state index in [2.05, 4.69) is 6.92 Å². The lowest BCUT2D eigenvalue weighted by Crippen LogP contribution is -2.54. The summed E-state index contributed by atoms with van der Waals surface area (Å²) >= 11 is 0. The molecule has 5 heteroatoms. The molecule has 0 aliphatic carbocycles. The van der Waals surface area contributed by atoms with E-state index in [1.165, 1.54) is 11.1 Å². The zero-order chi connectivity index (χ0) is 15.9. The maximum absolute atomic E-state index is 12.4. The summed E-state index contributed by atoms with van der Waals surface area (Å²) < 4.78 is 16.2. The number of nitrogens with zero attached hydrogens (tertiary/aromatic N) is 1. The van der Waals surface area contributed by atoms with E-state index >= 15 is 0 Å². The van der Waals surface area contributed by atoms with Crippen molar-refractivity contribution in [3.63, 3.8) is 0 Å². The zero-order valence-electron chi connectivity index (χ0n) is 13.6. The number of benzene rings is 1. The summed E-state index contributed by atoms with van der Waals surface area (Å²) in [5.74, 6) is 1.66. The molecule has 0 unspecified atom stereocenters. The van der Waals surface area contributed by atoms with Gasteiger partial charge < -0.3 is 19.1 Å². The van der Waals surface area contributed by atoms with Crippen LogP contribution in [-0.4, -0.2) is 44.8 Å². The second-order valence-corrected chi connectivity index (χ2v) is 6.22. The lowest BCUT2D eigenvalue weighted by atomic mass is 9.79. The molecule has 2 aliphatic rings. The van der Waals surface area contributed by atoms with Gasteiger partial charge in [-0.25, -0.2) is 0 Å². The van der Waals surface area contributed by atoms with E-state index in [9.17, 15) is 4.79 Å². The molecular formula is C17H23NO4. The molecule has 22 heavy (non-hydrogen) atoms. The molecule has 2 atom stereocenters. The van der Waals surface area contributed by atoms with Gasteiger partial charge in [-0.3, -0.25) is 4.79 Å². The fourth-order valence-corrected chi connectivity index (χ4v) is 4.00. The van der Waals surface area contributed by atoms with Gasteiger partial charge >= 0.3 is 0 Å². The van der Waals surface area contributed by atoms with E-state index in [1.54, 1.807) is 21.3 Å². The standard InChI is InChI=1S/C17H23NO4/c1-17-6-5-16(19)18(17)12(10-20-2)7-11-8-14(21-3)15(22-4)9-13(11)17/h8-9,12H,5-7,10H2,1-4H3/t12-,17-/m0/s1. The highest BCUT2D eigenvalue weighted by Gasteiger charge is 2.50. The predicted octanol–water partition coefficient (Wildman–Crippen LogP) is 2.11. The van der Waals surface area contributed by atoms with E-state index in [0.717, 1.165) is 18.6 Å². The molecule has 0 N–H and O–H groups in total. The molecular weight excluding hydrogens is 282 g/mol. The average molecular weight is 305 g/mol. The Bertz CT molecular complexity index is 601. The number of amides is 1. The SMILES string of the molecule is COC[C@@H]1Cc2cc(OC)c(OC)cc2[C@]2(C)CCC(=O)N12. The molecule has 0 spiro atoms. The highest BCUT2D eigenvalue weighted by atomic mass is 16.5. The van der Waals surface area contributed by atoms with Crippen molar-refractivity contribution in [2.45, 2.75) is 37.8 Å². The molecule has 1 aromatic carbocycles. The van der Waals surface area contributed by atoms with Crippen molar-refractivity contribution >= 4 is 5.91 Å². The van der Waals surface area contributed by atoms with Gasteiger partial charge in [-0.2, -0.15) is 0 Å². The summed E-state index contributed by atoms with van der Waals surface area (Å²) in [5.41, 5.74) is 2.10. The Morgan fingerprint density at radius 1 is 1.23 bits per heavy atom. The number of hydrogen-bond donors (Lipinski definition) is 0. The summed E-state index contributed by atoms with van der Waals surface area (Å²) in [6.45, 7) is 2.69.